The zero-order valence-corrected chi connectivity index (χ0v) is 10.8. The Labute approximate surface area is 125 Å². The molecule has 2 fully saturated rings. The van der Waals surface area contributed by atoms with Crippen LogP contribution in [-0.4, -0.2) is 47.8 Å². The first-order chi connectivity index (χ1) is 9.38. The molecule has 2 rings (SSSR count). The molecule has 0 aromatic rings. The molecule has 21 heavy (non-hydrogen) atoms. The minimum absolute atomic E-state index is 0. The van der Waals surface area contributed by atoms with E-state index < -0.39 is 47.8 Å². The first-order valence-electron chi connectivity index (χ1n) is 5.10. The maximum absolute atomic E-state index is 11.3. The third kappa shape index (κ3) is 3.45. The van der Waals surface area contributed by atoms with Crippen LogP contribution in [0.1, 0.15) is 0 Å². The van der Waals surface area contributed by atoms with Crippen LogP contribution in [0.15, 0.2) is 10.2 Å². The number of barbiturate groups is 2. The van der Waals surface area contributed by atoms with Crippen molar-refractivity contribution in [3.63, 3.8) is 0 Å². The molecular formula is C8H6N6NiO6. The van der Waals surface area contributed by atoms with Crippen LogP contribution in [0.2, 0.25) is 0 Å². The summed E-state index contributed by atoms with van der Waals surface area (Å²) in [7, 11) is 0. The molecule has 0 atom stereocenters. The van der Waals surface area contributed by atoms with E-state index in [4.69, 9.17) is 0 Å². The smallest absolute Gasteiger partial charge is 0.275 e. The number of imide groups is 4. The molecule has 4 N–H and O–H groups in total. The Balaban J connectivity index is 0.00000220. The van der Waals surface area contributed by atoms with Gasteiger partial charge in [-0.2, -0.15) is 10.2 Å². The Bertz CT molecular complexity index is 498. The van der Waals surface area contributed by atoms with E-state index in [0.29, 0.717) is 0 Å². The second-order valence-electron chi connectivity index (χ2n) is 3.65. The maximum Gasteiger partial charge on any atom is 0.328 e. The Morgan fingerprint density at radius 2 is 0.810 bits per heavy atom. The molecule has 13 heteroatoms. The van der Waals surface area contributed by atoms with E-state index in [9.17, 15) is 28.8 Å². The van der Waals surface area contributed by atoms with Crippen molar-refractivity contribution < 1.29 is 45.3 Å². The number of azo groups is 1. The second-order valence-corrected chi connectivity index (χ2v) is 3.65. The van der Waals surface area contributed by atoms with E-state index in [2.05, 4.69) is 10.2 Å². The van der Waals surface area contributed by atoms with Crippen molar-refractivity contribution in [3.8, 4) is 0 Å². The van der Waals surface area contributed by atoms with E-state index in [1.807, 2.05) is 0 Å². The molecule has 0 radical (unpaired) electrons. The number of carbonyl (C=O) groups excluding carboxylic acids is 6. The van der Waals surface area contributed by atoms with Crippen molar-refractivity contribution in [2.24, 2.45) is 10.2 Å². The number of urea groups is 2. The first kappa shape index (κ1) is 16.4. The normalized spacial score (nSPS) is 20.6. The van der Waals surface area contributed by atoms with E-state index in [-0.39, 0.29) is 16.5 Å². The van der Waals surface area contributed by atoms with Crippen LogP contribution in [0.4, 0.5) is 9.59 Å². The van der Waals surface area contributed by atoms with Crippen LogP contribution in [0.5, 0.6) is 0 Å². The van der Waals surface area contributed by atoms with Crippen molar-refractivity contribution in [2.75, 3.05) is 0 Å². The SMILES string of the molecule is O=C1NC(=O)C(N=NC2C(=O)NC(=O)NC2=O)C(=O)N1.[Ni]. The van der Waals surface area contributed by atoms with Crippen LogP contribution in [-0.2, 0) is 35.7 Å². The van der Waals surface area contributed by atoms with Crippen molar-refractivity contribution in [1.82, 2.24) is 21.3 Å². The van der Waals surface area contributed by atoms with Gasteiger partial charge in [0.25, 0.3) is 23.6 Å². The Kier molecular flexibility index (Phi) is 4.81. The van der Waals surface area contributed by atoms with E-state index in [1.54, 1.807) is 21.3 Å². The van der Waals surface area contributed by atoms with Gasteiger partial charge in [0.05, 0.1) is 0 Å². The number of hydrogen-bond donors (Lipinski definition) is 4. The quantitative estimate of drug-likeness (QED) is 0.235. The predicted octanol–water partition coefficient (Wildman–Crippen LogP) is -3.09. The van der Waals surface area contributed by atoms with Gasteiger partial charge >= 0.3 is 12.1 Å². The van der Waals surface area contributed by atoms with Gasteiger partial charge in [0.1, 0.15) is 0 Å². The number of nitrogens with one attached hydrogen (secondary N) is 4. The average Bonchev–Trinajstić information content (AvgIpc) is 2.30. The average molecular weight is 341 g/mol. The Morgan fingerprint density at radius 3 is 1.05 bits per heavy atom. The number of nitrogens with zero attached hydrogens (tertiary/aromatic N) is 2. The van der Waals surface area contributed by atoms with E-state index in [0.717, 1.165) is 0 Å². The van der Waals surface area contributed by atoms with Crippen molar-refractivity contribution in [2.45, 2.75) is 12.1 Å². The summed E-state index contributed by atoms with van der Waals surface area (Å²) in [5.74, 6) is -4.18. The minimum atomic E-state index is -1.70. The van der Waals surface area contributed by atoms with Gasteiger partial charge in [0.2, 0.25) is 12.1 Å². The Hall–Kier alpha value is -2.69. The molecule has 12 nitrogen and oxygen atoms in total. The fourth-order valence-electron chi connectivity index (χ4n) is 1.36. The van der Waals surface area contributed by atoms with Crippen LogP contribution >= 0.6 is 0 Å². The number of hydrogen-bond acceptors (Lipinski definition) is 8. The predicted molar refractivity (Wildman–Crippen MR) is 55.8 cm³/mol. The van der Waals surface area contributed by atoms with Crippen LogP contribution in [0.25, 0.3) is 0 Å². The van der Waals surface area contributed by atoms with Crippen molar-refractivity contribution in [3.05, 3.63) is 0 Å². The Morgan fingerprint density at radius 1 is 0.571 bits per heavy atom. The summed E-state index contributed by atoms with van der Waals surface area (Å²) in [6.07, 6.45) is 0. The molecule has 0 saturated carbocycles. The first-order valence-corrected chi connectivity index (χ1v) is 5.10. The molecule has 0 aromatic heterocycles. The fraction of sp³-hybridized carbons (Fsp3) is 0.250. The third-order valence-electron chi connectivity index (χ3n) is 2.24. The van der Waals surface area contributed by atoms with Crippen LogP contribution in [0.3, 0.4) is 0 Å². The molecule has 0 aromatic carbocycles. The molecule has 0 aliphatic carbocycles. The number of amides is 8. The fourth-order valence-corrected chi connectivity index (χ4v) is 1.36. The molecule has 2 saturated heterocycles. The van der Waals surface area contributed by atoms with Gasteiger partial charge in [-0.15, -0.1) is 0 Å². The van der Waals surface area contributed by atoms with E-state index in [1.165, 1.54) is 0 Å². The van der Waals surface area contributed by atoms with Crippen molar-refractivity contribution in [1.29, 1.82) is 0 Å². The largest absolute Gasteiger partial charge is 0.328 e. The summed E-state index contributed by atoms with van der Waals surface area (Å²) in [6, 6.07) is -5.42. The summed E-state index contributed by atoms with van der Waals surface area (Å²) in [4.78, 5) is 66.8. The third-order valence-corrected chi connectivity index (χ3v) is 2.24. The topological polar surface area (TPSA) is 175 Å². The van der Waals surface area contributed by atoms with Gasteiger partial charge in [-0.25, -0.2) is 9.59 Å². The molecule has 2 heterocycles. The van der Waals surface area contributed by atoms with Gasteiger partial charge in [-0.05, 0) is 0 Å². The molecular weight excluding hydrogens is 335 g/mol. The maximum atomic E-state index is 11.3. The van der Waals surface area contributed by atoms with E-state index >= 15 is 0 Å². The summed E-state index contributed by atoms with van der Waals surface area (Å²) < 4.78 is 0. The van der Waals surface area contributed by atoms with Gasteiger partial charge in [-0.1, -0.05) is 0 Å². The summed E-state index contributed by atoms with van der Waals surface area (Å²) in [5.41, 5.74) is 0. The van der Waals surface area contributed by atoms with Gasteiger partial charge in [0.15, 0.2) is 0 Å². The summed E-state index contributed by atoms with van der Waals surface area (Å²) >= 11 is 0. The molecule has 8 amide bonds. The molecule has 2 aliphatic heterocycles. The van der Waals surface area contributed by atoms with Crippen LogP contribution < -0.4 is 21.3 Å². The number of carbonyl (C=O) groups is 6. The molecule has 0 bridgehead atoms. The van der Waals surface area contributed by atoms with Crippen molar-refractivity contribution >= 4 is 35.7 Å². The second kappa shape index (κ2) is 6.18. The zero-order valence-electron chi connectivity index (χ0n) is 9.81. The van der Waals surface area contributed by atoms with Gasteiger partial charge in [-0.3, -0.25) is 40.4 Å². The van der Waals surface area contributed by atoms with Gasteiger partial charge in [0, 0.05) is 16.5 Å². The molecule has 0 unspecified atom stereocenters. The molecule has 0 spiro atoms. The minimum Gasteiger partial charge on any atom is -0.275 e. The standard InChI is InChI=1S/C8H6N6O6.Ni/c15-3-1(4(16)10-7(19)9-3)13-14-2-5(17)11-8(20)12-6(2)18;/h1-2H,(H2,9,10,15,16,19)(H2,11,12,17,18,20);. The zero-order chi connectivity index (χ0) is 14.9. The van der Waals surface area contributed by atoms with Gasteiger partial charge < -0.3 is 0 Å². The summed E-state index contributed by atoms with van der Waals surface area (Å²) in [5, 5.41) is 13.5. The number of rotatable bonds is 2. The monoisotopic (exact) mass is 340 g/mol. The molecule has 2 aliphatic rings. The molecule has 114 valence electrons. The summed E-state index contributed by atoms with van der Waals surface area (Å²) in [6.45, 7) is 0. The van der Waals surface area contributed by atoms with Crippen LogP contribution in [0, 0.1) is 0 Å².